The highest BCUT2D eigenvalue weighted by atomic mass is 32.2. The molecule has 5 heteroatoms. The van der Waals surface area contributed by atoms with Crippen LogP contribution in [0.2, 0.25) is 0 Å². The first-order chi connectivity index (χ1) is 8.95. The molecule has 1 N–H and O–H groups in total. The number of aryl methyl sites for hydroxylation is 1. The van der Waals surface area contributed by atoms with E-state index < -0.39 is 10.0 Å². The van der Waals surface area contributed by atoms with Crippen molar-refractivity contribution in [2.45, 2.75) is 31.8 Å². The second-order valence-corrected chi connectivity index (χ2v) is 6.84. The average Bonchev–Trinajstić information content (AvgIpc) is 2.39. The summed E-state index contributed by atoms with van der Waals surface area (Å²) in [6.45, 7) is 4.54. The van der Waals surface area contributed by atoms with Crippen LogP contribution in [0.3, 0.4) is 0 Å². The maximum absolute atomic E-state index is 12.6. The second-order valence-electron chi connectivity index (χ2n) is 4.94. The number of rotatable bonds is 3. The lowest BCUT2D eigenvalue weighted by molar-refractivity contribution is 0.281. The number of hydrogen-bond acceptors (Lipinski definition) is 3. The maximum atomic E-state index is 12.6. The average molecular weight is 281 g/mol. The number of sulfonamides is 1. The highest BCUT2D eigenvalue weighted by molar-refractivity contribution is 7.89. The standard InChI is InChI=1S/C14H19NO3S/c1-11-4-3-7-15(9-11)19(17,18)14-8-13(10-16)6-5-12(14)2/h4-6,8,16H,3,7,9-10H2,1-2H3. The van der Waals surface area contributed by atoms with E-state index in [9.17, 15) is 8.42 Å². The van der Waals surface area contributed by atoms with Gasteiger partial charge in [-0.25, -0.2) is 8.42 Å². The van der Waals surface area contributed by atoms with Crippen LogP contribution in [0.25, 0.3) is 0 Å². The molecule has 4 nitrogen and oxygen atoms in total. The molecular weight excluding hydrogens is 262 g/mol. The van der Waals surface area contributed by atoms with Crippen molar-refractivity contribution in [1.29, 1.82) is 0 Å². The van der Waals surface area contributed by atoms with Gasteiger partial charge in [0.05, 0.1) is 11.5 Å². The molecule has 0 bridgehead atoms. The Labute approximate surface area is 114 Å². The van der Waals surface area contributed by atoms with Crippen molar-refractivity contribution in [2.75, 3.05) is 13.1 Å². The SMILES string of the molecule is CC1=CCCN(S(=O)(=O)c2cc(CO)ccc2C)C1. The van der Waals surface area contributed by atoms with Crippen molar-refractivity contribution in [3.8, 4) is 0 Å². The van der Waals surface area contributed by atoms with E-state index in [0.29, 0.717) is 29.1 Å². The molecule has 1 aromatic rings. The molecule has 0 aliphatic carbocycles. The largest absolute Gasteiger partial charge is 0.392 e. The first kappa shape index (κ1) is 14.2. The fraction of sp³-hybridized carbons (Fsp3) is 0.429. The van der Waals surface area contributed by atoms with Crippen molar-refractivity contribution in [3.05, 3.63) is 41.0 Å². The number of aliphatic hydroxyl groups excluding tert-OH is 1. The molecule has 0 saturated carbocycles. The van der Waals surface area contributed by atoms with E-state index in [1.54, 1.807) is 25.1 Å². The molecule has 0 amide bonds. The highest BCUT2D eigenvalue weighted by Gasteiger charge is 2.27. The molecule has 0 atom stereocenters. The summed E-state index contributed by atoms with van der Waals surface area (Å²) in [7, 11) is -3.48. The van der Waals surface area contributed by atoms with Gasteiger partial charge in [-0.1, -0.05) is 23.8 Å². The summed E-state index contributed by atoms with van der Waals surface area (Å²) in [6.07, 6.45) is 2.83. The van der Waals surface area contributed by atoms with Crippen LogP contribution < -0.4 is 0 Å². The number of nitrogens with zero attached hydrogens (tertiary/aromatic N) is 1. The maximum Gasteiger partial charge on any atom is 0.243 e. The Kier molecular flexibility index (Phi) is 4.08. The minimum absolute atomic E-state index is 0.151. The fourth-order valence-electron chi connectivity index (χ4n) is 2.24. The molecule has 0 radical (unpaired) electrons. The third kappa shape index (κ3) is 2.88. The molecule has 2 rings (SSSR count). The van der Waals surface area contributed by atoms with Gasteiger partial charge in [-0.2, -0.15) is 4.31 Å². The minimum atomic E-state index is -3.48. The van der Waals surface area contributed by atoms with E-state index in [2.05, 4.69) is 6.08 Å². The zero-order valence-corrected chi connectivity index (χ0v) is 12.1. The Morgan fingerprint density at radius 3 is 2.68 bits per heavy atom. The van der Waals surface area contributed by atoms with Gasteiger partial charge in [0.1, 0.15) is 0 Å². The Hall–Kier alpha value is -1.17. The summed E-state index contributed by atoms with van der Waals surface area (Å²) >= 11 is 0. The van der Waals surface area contributed by atoms with E-state index >= 15 is 0 Å². The summed E-state index contributed by atoms with van der Waals surface area (Å²) in [6, 6.07) is 5.05. The van der Waals surface area contributed by atoms with E-state index in [-0.39, 0.29) is 6.61 Å². The Morgan fingerprint density at radius 1 is 1.32 bits per heavy atom. The third-order valence-electron chi connectivity index (χ3n) is 3.35. The van der Waals surface area contributed by atoms with Gasteiger partial charge in [0, 0.05) is 13.1 Å². The van der Waals surface area contributed by atoms with Crippen LogP contribution in [0.15, 0.2) is 34.7 Å². The Balaban J connectivity index is 2.42. The van der Waals surface area contributed by atoms with Gasteiger partial charge in [0.2, 0.25) is 10.0 Å². The number of benzene rings is 1. The molecule has 1 aliphatic heterocycles. The van der Waals surface area contributed by atoms with Gasteiger partial charge >= 0.3 is 0 Å². The van der Waals surface area contributed by atoms with Gasteiger partial charge in [-0.15, -0.1) is 0 Å². The molecular formula is C14H19NO3S. The van der Waals surface area contributed by atoms with Crippen molar-refractivity contribution >= 4 is 10.0 Å². The molecule has 0 fully saturated rings. The van der Waals surface area contributed by atoms with Gasteiger partial charge < -0.3 is 5.11 Å². The summed E-state index contributed by atoms with van der Waals surface area (Å²) in [4.78, 5) is 0.300. The second kappa shape index (κ2) is 5.45. The lowest BCUT2D eigenvalue weighted by Crippen LogP contribution is -2.35. The van der Waals surface area contributed by atoms with Crippen LogP contribution in [-0.4, -0.2) is 30.9 Å². The molecule has 0 aromatic heterocycles. The zero-order valence-electron chi connectivity index (χ0n) is 11.3. The topological polar surface area (TPSA) is 57.6 Å². The van der Waals surface area contributed by atoms with Crippen molar-refractivity contribution in [3.63, 3.8) is 0 Å². The first-order valence-corrected chi connectivity index (χ1v) is 7.75. The van der Waals surface area contributed by atoms with Crippen LogP contribution in [0.1, 0.15) is 24.5 Å². The molecule has 1 aliphatic rings. The van der Waals surface area contributed by atoms with Gasteiger partial charge in [-0.05, 0) is 37.5 Å². The van der Waals surface area contributed by atoms with E-state index in [4.69, 9.17) is 5.11 Å². The van der Waals surface area contributed by atoms with Crippen LogP contribution in [0, 0.1) is 6.92 Å². The lowest BCUT2D eigenvalue weighted by Gasteiger charge is -2.26. The summed E-state index contributed by atoms with van der Waals surface area (Å²) in [5, 5.41) is 9.15. The van der Waals surface area contributed by atoms with Crippen LogP contribution in [-0.2, 0) is 16.6 Å². The Bertz CT molecular complexity index is 605. The quantitative estimate of drug-likeness (QED) is 0.860. The van der Waals surface area contributed by atoms with E-state index in [1.807, 2.05) is 6.92 Å². The van der Waals surface area contributed by atoms with Gasteiger partial charge in [0.15, 0.2) is 0 Å². The van der Waals surface area contributed by atoms with Crippen molar-refractivity contribution in [1.82, 2.24) is 4.31 Å². The van der Waals surface area contributed by atoms with E-state index in [0.717, 1.165) is 12.0 Å². The monoisotopic (exact) mass is 281 g/mol. The predicted molar refractivity (Wildman–Crippen MR) is 74.2 cm³/mol. The molecule has 0 saturated heterocycles. The minimum Gasteiger partial charge on any atom is -0.392 e. The third-order valence-corrected chi connectivity index (χ3v) is 5.34. The molecule has 0 spiro atoms. The molecule has 104 valence electrons. The number of aliphatic hydroxyl groups is 1. The van der Waals surface area contributed by atoms with Gasteiger partial charge in [-0.3, -0.25) is 0 Å². The predicted octanol–water partition coefficient (Wildman–Crippen LogP) is 1.83. The molecule has 0 unspecified atom stereocenters. The fourth-order valence-corrected chi connectivity index (χ4v) is 4.01. The Morgan fingerprint density at radius 2 is 2.05 bits per heavy atom. The normalized spacial score (nSPS) is 17.3. The summed E-state index contributed by atoms with van der Waals surface area (Å²) in [5.74, 6) is 0. The van der Waals surface area contributed by atoms with Crippen LogP contribution >= 0.6 is 0 Å². The highest BCUT2D eigenvalue weighted by Crippen LogP contribution is 2.24. The zero-order chi connectivity index (χ0) is 14.0. The van der Waals surface area contributed by atoms with Gasteiger partial charge in [0.25, 0.3) is 0 Å². The van der Waals surface area contributed by atoms with Crippen molar-refractivity contribution < 1.29 is 13.5 Å². The smallest absolute Gasteiger partial charge is 0.243 e. The summed E-state index contributed by atoms with van der Waals surface area (Å²) < 4.78 is 26.8. The van der Waals surface area contributed by atoms with Crippen LogP contribution in [0.4, 0.5) is 0 Å². The summed E-state index contributed by atoms with van der Waals surface area (Å²) in [5.41, 5.74) is 2.41. The first-order valence-electron chi connectivity index (χ1n) is 6.31. The van der Waals surface area contributed by atoms with Crippen molar-refractivity contribution in [2.24, 2.45) is 0 Å². The molecule has 1 heterocycles. The molecule has 1 aromatic carbocycles. The molecule has 19 heavy (non-hydrogen) atoms. The lowest BCUT2D eigenvalue weighted by atomic mass is 10.2. The number of hydrogen-bond donors (Lipinski definition) is 1. The van der Waals surface area contributed by atoms with Crippen LogP contribution in [0.5, 0.6) is 0 Å². The van der Waals surface area contributed by atoms with E-state index in [1.165, 1.54) is 4.31 Å².